The second kappa shape index (κ2) is 5.25. The topological polar surface area (TPSA) is 72.8 Å². The van der Waals surface area contributed by atoms with Crippen LogP contribution in [0.3, 0.4) is 0 Å². The van der Waals surface area contributed by atoms with Crippen LogP contribution in [0.4, 0.5) is 0 Å². The van der Waals surface area contributed by atoms with Gasteiger partial charge in [-0.05, 0) is 25.3 Å². The predicted octanol–water partition coefficient (Wildman–Crippen LogP) is 2.15. The van der Waals surface area contributed by atoms with Crippen molar-refractivity contribution in [3.05, 3.63) is 40.4 Å². The van der Waals surface area contributed by atoms with Crippen LogP contribution in [0.15, 0.2) is 34.1 Å². The number of rotatable bonds is 3. The Balaban J connectivity index is 2.41. The first kappa shape index (κ1) is 13.7. The van der Waals surface area contributed by atoms with Gasteiger partial charge in [0.15, 0.2) is 5.65 Å². The summed E-state index contributed by atoms with van der Waals surface area (Å²) in [5.41, 5.74) is 1.11. The first-order chi connectivity index (χ1) is 10.2. The molecule has 0 aliphatic rings. The quantitative estimate of drug-likeness (QED) is 0.750. The molecule has 0 saturated carbocycles. The van der Waals surface area contributed by atoms with Gasteiger partial charge in [0.1, 0.15) is 27.7 Å². The van der Waals surface area contributed by atoms with Gasteiger partial charge in [0.05, 0.1) is 7.11 Å². The van der Waals surface area contributed by atoms with Crippen LogP contribution in [-0.2, 0) is 0 Å². The third-order valence-corrected chi connectivity index (χ3v) is 3.80. The van der Waals surface area contributed by atoms with E-state index < -0.39 is 0 Å². The van der Waals surface area contributed by atoms with E-state index in [1.807, 2.05) is 30.5 Å². The van der Waals surface area contributed by atoms with Crippen LogP contribution >= 0.6 is 11.8 Å². The van der Waals surface area contributed by atoms with Gasteiger partial charge in [0, 0.05) is 0 Å². The van der Waals surface area contributed by atoms with Crippen LogP contribution in [0, 0.1) is 6.92 Å². The molecule has 108 valence electrons. The molecule has 0 radical (unpaired) electrons. The Kier molecular flexibility index (Phi) is 3.42. The number of benzene rings is 1. The SMILES string of the molecule is COc1ccccc1-n1nc(SC)c2c(=O)[nH]c(C)nc21. The van der Waals surface area contributed by atoms with Crippen molar-refractivity contribution in [2.75, 3.05) is 13.4 Å². The number of aromatic amines is 1. The Morgan fingerprint density at radius 3 is 2.81 bits per heavy atom. The average molecular weight is 302 g/mol. The fourth-order valence-electron chi connectivity index (χ4n) is 2.22. The van der Waals surface area contributed by atoms with E-state index in [-0.39, 0.29) is 5.56 Å². The standard InChI is InChI=1S/C14H14N4O2S/c1-8-15-12-11(13(19)16-8)14(21-3)17-18(12)9-6-4-5-7-10(9)20-2/h4-7H,1-3H3,(H,15,16,19). The zero-order chi connectivity index (χ0) is 15.0. The summed E-state index contributed by atoms with van der Waals surface area (Å²) in [6.07, 6.45) is 1.88. The van der Waals surface area contributed by atoms with Gasteiger partial charge in [-0.15, -0.1) is 11.8 Å². The Bertz CT molecular complexity index is 869. The van der Waals surface area contributed by atoms with E-state index in [1.54, 1.807) is 18.7 Å². The highest BCUT2D eigenvalue weighted by Gasteiger charge is 2.18. The largest absolute Gasteiger partial charge is 0.494 e. The molecule has 0 saturated heterocycles. The summed E-state index contributed by atoms with van der Waals surface area (Å²) in [4.78, 5) is 19.3. The molecule has 0 aliphatic carbocycles. The minimum Gasteiger partial charge on any atom is -0.494 e. The monoisotopic (exact) mass is 302 g/mol. The van der Waals surface area contributed by atoms with Crippen molar-refractivity contribution in [1.82, 2.24) is 19.7 Å². The summed E-state index contributed by atoms with van der Waals surface area (Å²) < 4.78 is 7.03. The van der Waals surface area contributed by atoms with Crippen molar-refractivity contribution < 1.29 is 4.74 Å². The molecule has 1 aromatic carbocycles. The third-order valence-electron chi connectivity index (χ3n) is 3.13. The van der Waals surface area contributed by atoms with Gasteiger partial charge < -0.3 is 9.72 Å². The zero-order valence-electron chi connectivity index (χ0n) is 11.9. The lowest BCUT2D eigenvalue weighted by Gasteiger charge is -2.08. The molecular weight excluding hydrogens is 288 g/mol. The van der Waals surface area contributed by atoms with Crippen molar-refractivity contribution in [1.29, 1.82) is 0 Å². The van der Waals surface area contributed by atoms with Gasteiger partial charge in [0.2, 0.25) is 0 Å². The molecule has 21 heavy (non-hydrogen) atoms. The van der Waals surface area contributed by atoms with Crippen LogP contribution in [0.5, 0.6) is 5.75 Å². The van der Waals surface area contributed by atoms with E-state index in [1.165, 1.54) is 11.8 Å². The fraction of sp³-hybridized carbons (Fsp3) is 0.214. The van der Waals surface area contributed by atoms with Gasteiger partial charge in [-0.3, -0.25) is 4.79 Å². The van der Waals surface area contributed by atoms with Gasteiger partial charge in [0.25, 0.3) is 5.56 Å². The number of thioether (sulfide) groups is 1. The maximum Gasteiger partial charge on any atom is 0.263 e. The van der Waals surface area contributed by atoms with Crippen LogP contribution < -0.4 is 10.3 Å². The van der Waals surface area contributed by atoms with E-state index in [4.69, 9.17) is 4.74 Å². The summed E-state index contributed by atoms with van der Waals surface area (Å²) in [5.74, 6) is 1.23. The molecule has 6 nitrogen and oxygen atoms in total. The van der Waals surface area contributed by atoms with Crippen molar-refractivity contribution in [3.8, 4) is 11.4 Å². The van der Waals surface area contributed by atoms with Gasteiger partial charge in [-0.2, -0.15) is 5.10 Å². The summed E-state index contributed by atoms with van der Waals surface area (Å²) in [6.45, 7) is 1.75. The van der Waals surface area contributed by atoms with E-state index in [0.717, 1.165) is 5.69 Å². The van der Waals surface area contributed by atoms with Crippen LogP contribution in [0.2, 0.25) is 0 Å². The number of methoxy groups -OCH3 is 1. The molecule has 0 atom stereocenters. The minimum atomic E-state index is -0.178. The number of nitrogens with zero attached hydrogens (tertiary/aromatic N) is 3. The number of aryl methyl sites for hydroxylation is 1. The molecule has 3 aromatic rings. The smallest absolute Gasteiger partial charge is 0.263 e. The molecule has 0 amide bonds. The molecule has 2 aromatic heterocycles. The van der Waals surface area contributed by atoms with Crippen LogP contribution in [0.25, 0.3) is 16.7 Å². The second-order valence-corrected chi connectivity index (χ2v) is 5.24. The number of fused-ring (bicyclic) bond motifs is 1. The van der Waals surface area contributed by atoms with Crippen LogP contribution in [0.1, 0.15) is 5.82 Å². The highest BCUT2D eigenvalue weighted by molar-refractivity contribution is 7.98. The molecule has 7 heteroatoms. The lowest BCUT2D eigenvalue weighted by atomic mass is 10.3. The highest BCUT2D eigenvalue weighted by Crippen LogP contribution is 2.28. The van der Waals surface area contributed by atoms with E-state index in [2.05, 4.69) is 15.1 Å². The fourth-order valence-corrected chi connectivity index (χ4v) is 2.77. The maximum absolute atomic E-state index is 12.2. The number of para-hydroxylation sites is 2. The van der Waals surface area contributed by atoms with E-state index in [9.17, 15) is 4.79 Å². The summed E-state index contributed by atoms with van der Waals surface area (Å²) in [7, 11) is 1.60. The van der Waals surface area contributed by atoms with Crippen molar-refractivity contribution in [3.63, 3.8) is 0 Å². The van der Waals surface area contributed by atoms with Gasteiger partial charge in [-0.25, -0.2) is 9.67 Å². The zero-order valence-corrected chi connectivity index (χ0v) is 12.7. The number of hydrogen-bond donors (Lipinski definition) is 1. The normalized spacial score (nSPS) is 11.0. The summed E-state index contributed by atoms with van der Waals surface area (Å²) in [6, 6.07) is 7.51. The van der Waals surface area contributed by atoms with Crippen molar-refractivity contribution >= 4 is 22.8 Å². The maximum atomic E-state index is 12.2. The van der Waals surface area contributed by atoms with E-state index in [0.29, 0.717) is 27.6 Å². The lowest BCUT2D eigenvalue weighted by molar-refractivity contribution is 0.412. The number of ether oxygens (including phenoxy) is 1. The number of nitrogens with one attached hydrogen (secondary N) is 1. The summed E-state index contributed by atoms with van der Waals surface area (Å²) in [5, 5.41) is 5.65. The van der Waals surface area contributed by atoms with Gasteiger partial charge >= 0.3 is 0 Å². The highest BCUT2D eigenvalue weighted by atomic mass is 32.2. The molecule has 0 fully saturated rings. The molecule has 0 bridgehead atoms. The van der Waals surface area contributed by atoms with Crippen LogP contribution in [-0.4, -0.2) is 33.1 Å². The van der Waals surface area contributed by atoms with E-state index >= 15 is 0 Å². The number of H-pyrrole nitrogens is 1. The summed E-state index contributed by atoms with van der Waals surface area (Å²) >= 11 is 1.41. The molecular formula is C14H14N4O2S. The third kappa shape index (κ3) is 2.19. The minimum absolute atomic E-state index is 0.178. The number of hydrogen-bond acceptors (Lipinski definition) is 5. The average Bonchev–Trinajstić information content (AvgIpc) is 2.85. The molecule has 0 spiro atoms. The Morgan fingerprint density at radius 2 is 2.10 bits per heavy atom. The number of aromatic nitrogens is 4. The Hall–Kier alpha value is -2.28. The molecule has 2 heterocycles. The van der Waals surface area contributed by atoms with Crippen molar-refractivity contribution in [2.24, 2.45) is 0 Å². The first-order valence-electron chi connectivity index (χ1n) is 6.32. The molecule has 0 unspecified atom stereocenters. The Labute approximate surface area is 125 Å². The molecule has 3 rings (SSSR count). The molecule has 0 aliphatic heterocycles. The Morgan fingerprint density at radius 1 is 1.33 bits per heavy atom. The predicted molar refractivity (Wildman–Crippen MR) is 82.6 cm³/mol. The second-order valence-electron chi connectivity index (χ2n) is 4.44. The van der Waals surface area contributed by atoms with Gasteiger partial charge in [-0.1, -0.05) is 12.1 Å². The molecule has 1 N–H and O–H groups in total. The first-order valence-corrected chi connectivity index (χ1v) is 7.55. The lowest BCUT2D eigenvalue weighted by Crippen LogP contribution is -2.10. The van der Waals surface area contributed by atoms with Crippen molar-refractivity contribution in [2.45, 2.75) is 11.9 Å².